The molecule has 0 spiro atoms. The molecule has 0 aliphatic heterocycles. The molecule has 0 amide bonds. The van der Waals surface area contributed by atoms with Crippen LogP contribution in [0.4, 0.5) is 5.82 Å². The summed E-state index contributed by atoms with van der Waals surface area (Å²) in [5.41, 5.74) is 4.13. The van der Waals surface area contributed by atoms with Crippen LogP contribution in [0.5, 0.6) is 6.01 Å². The van der Waals surface area contributed by atoms with Crippen molar-refractivity contribution in [1.82, 2.24) is 34.5 Å². The van der Waals surface area contributed by atoms with Crippen molar-refractivity contribution < 1.29 is 4.74 Å². The average Bonchev–Trinajstić information content (AvgIpc) is 3.43. The van der Waals surface area contributed by atoms with Crippen LogP contribution >= 0.6 is 0 Å². The Morgan fingerprint density at radius 3 is 2.57 bits per heavy atom. The quantitative estimate of drug-likeness (QED) is 0.354. The molecule has 0 unspecified atom stereocenters. The Morgan fingerprint density at radius 1 is 0.973 bits per heavy atom. The average molecular weight is 491 g/mol. The Hall–Kier alpha value is -5.12. The number of rotatable bonds is 6. The van der Waals surface area contributed by atoms with Gasteiger partial charge in [-0.25, -0.2) is 24.9 Å². The van der Waals surface area contributed by atoms with Crippen LogP contribution in [0, 0.1) is 0 Å². The van der Waals surface area contributed by atoms with E-state index in [-0.39, 0.29) is 17.6 Å². The number of benzene rings is 2. The van der Waals surface area contributed by atoms with Gasteiger partial charge in [0.2, 0.25) is 0 Å². The third kappa shape index (κ3) is 3.94. The topological polar surface area (TPSA) is 123 Å². The second-order valence-electron chi connectivity index (χ2n) is 8.46. The van der Waals surface area contributed by atoms with E-state index in [9.17, 15) is 4.79 Å². The summed E-state index contributed by atoms with van der Waals surface area (Å²) in [6.45, 7) is 1.99. The number of H-pyrrole nitrogens is 1. The maximum absolute atomic E-state index is 14.2. The number of nitrogens with zero attached hydrogens (tertiary/aromatic N) is 6. The highest BCUT2D eigenvalue weighted by Crippen LogP contribution is 2.30. The van der Waals surface area contributed by atoms with E-state index in [2.05, 4.69) is 35.2 Å². The minimum atomic E-state index is -0.285. The van der Waals surface area contributed by atoms with E-state index < -0.39 is 0 Å². The van der Waals surface area contributed by atoms with Crippen LogP contribution in [0.25, 0.3) is 38.8 Å². The van der Waals surface area contributed by atoms with Crippen LogP contribution in [0.2, 0.25) is 0 Å². The first kappa shape index (κ1) is 22.4. The summed E-state index contributed by atoms with van der Waals surface area (Å²) in [6, 6.07) is 17.4. The van der Waals surface area contributed by atoms with Gasteiger partial charge in [0.1, 0.15) is 11.8 Å². The fourth-order valence-corrected chi connectivity index (χ4v) is 4.50. The third-order valence-electron chi connectivity index (χ3n) is 6.23. The lowest BCUT2D eigenvalue weighted by molar-refractivity contribution is 0.380. The van der Waals surface area contributed by atoms with E-state index in [1.165, 1.54) is 13.4 Å². The molecule has 0 bridgehead atoms. The van der Waals surface area contributed by atoms with E-state index in [1.807, 2.05) is 61.5 Å². The largest absolute Gasteiger partial charge is 0.467 e. The number of hydrogen-bond acceptors (Lipinski definition) is 8. The molecule has 0 fully saturated rings. The minimum absolute atomic E-state index is 0.145. The highest BCUT2D eigenvalue weighted by atomic mass is 16.5. The Bertz CT molecular complexity index is 1780. The minimum Gasteiger partial charge on any atom is -0.467 e. The van der Waals surface area contributed by atoms with Gasteiger partial charge in [-0.1, -0.05) is 36.4 Å². The number of aromatic amines is 1. The van der Waals surface area contributed by atoms with Crippen LogP contribution in [-0.4, -0.2) is 41.6 Å². The normalized spacial score (nSPS) is 12.1. The number of imidazole rings is 1. The van der Waals surface area contributed by atoms with Crippen molar-refractivity contribution in [3.63, 3.8) is 0 Å². The Kier molecular flexibility index (Phi) is 5.53. The highest BCUT2D eigenvalue weighted by Gasteiger charge is 2.20. The van der Waals surface area contributed by atoms with Crippen molar-refractivity contribution in [2.24, 2.45) is 0 Å². The van der Waals surface area contributed by atoms with Crippen molar-refractivity contribution in [3.8, 4) is 22.8 Å². The molecule has 182 valence electrons. The summed E-state index contributed by atoms with van der Waals surface area (Å²) >= 11 is 0. The number of nitrogens with one attached hydrogen (secondary N) is 2. The van der Waals surface area contributed by atoms with Crippen molar-refractivity contribution in [1.29, 1.82) is 0 Å². The van der Waals surface area contributed by atoms with Crippen molar-refractivity contribution >= 4 is 27.8 Å². The summed E-state index contributed by atoms with van der Waals surface area (Å²) in [6.07, 6.45) is 6.37. The zero-order chi connectivity index (χ0) is 25.4. The van der Waals surface area contributed by atoms with E-state index in [0.29, 0.717) is 22.4 Å². The number of fused-ring (bicyclic) bond motifs is 2. The zero-order valence-corrected chi connectivity index (χ0v) is 20.1. The molecule has 0 aliphatic carbocycles. The van der Waals surface area contributed by atoms with Gasteiger partial charge < -0.3 is 15.0 Å². The van der Waals surface area contributed by atoms with Crippen molar-refractivity contribution in [2.75, 3.05) is 12.4 Å². The van der Waals surface area contributed by atoms with E-state index in [4.69, 9.17) is 4.74 Å². The second kappa shape index (κ2) is 9.15. The number of ether oxygens (including phenoxy) is 1. The van der Waals surface area contributed by atoms with Gasteiger partial charge in [-0.3, -0.25) is 9.36 Å². The smallest absolute Gasteiger partial charge is 0.316 e. The van der Waals surface area contributed by atoms with Crippen LogP contribution in [0.3, 0.4) is 0 Å². The third-order valence-corrected chi connectivity index (χ3v) is 6.23. The summed E-state index contributed by atoms with van der Waals surface area (Å²) in [4.78, 5) is 38.6. The molecule has 0 radical (unpaired) electrons. The first-order valence-corrected chi connectivity index (χ1v) is 11.6. The van der Waals surface area contributed by atoms with Gasteiger partial charge >= 0.3 is 6.01 Å². The van der Waals surface area contributed by atoms with Crippen LogP contribution in [-0.2, 0) is 0 Å². The van der Waals surface area contributed by atoms with Crippen molar-refractivity contribution in [2.45, 2.75) is 13.0 Å². The SMILES string of the molecule is COc1ncc(-c2cccc3cc([C@@H](C)Nc4ncnc5nc[nH]c45)n(-c4ccccc4)c(=O)c23)cn1. The Balaban J connectivity index is 1.55. The lowest BCUT2D eigenvalue weighted by Crippen LogP contribution is -2.26. The molecule has 0 saturated carbocycles. The molecule has 4 heterocycles. The fraction of sp³-hybridized carbons (Fsp3) is 0.111. The molecule has 0 saturated heterocycles. The molecule has 6 rings (SSSR count). The number of hydrogen-bond donors (Lipinski definition) is 2. The molecular formula is C27H22N8O2. The molecule has 37 heavy (non-hydrogen) atoms. The summed E-state index contributed by atoms with van der Waals surface area (Å²) in [5, 5.41) is 4.82. The molecule has 10 heteroatoms. The van der Waals surface area contributed by atoms with Crippen LogP contribution < -0.4 is 15.6 Å². The molecule has 4 aromatic heterocycles. The van der Waals surface area contributed by atoms with E-state index in [1.54, 1.807) is 23.3 Å². The lowest BCUT2D eigenvalue weighted by Gasteiger charge is -2.22. The van der Waals surface area contributed by atoms with Gasteiger partial charge in [0.25, 0.3) is 5.56 Å². The van der Waals surface area contributed by atoms with Crippen molar-refractivity contribution in [3.05, 3.63) is 95.7 Å². The lowest BCUT2D eigenvalue weighted by atomic mass is 9.99. The summed E-state index contributed by atoms with van der Waals surface area (Å²) in [5.74, 6) is 0.603. The predicted molar refractivity (Wildman–Crippen MR) is 141 cm³/mol. The molecule has 1 atom stereocenters. The molecule has 10 nitrogen and oxygen atoms in total. The summed E-state index contributed by atoms with van der Waals surface area (Å²) in [7, 11) is 1.51. The maximum atomic E-state index is 14.2. The number of para-hydroxylation sites is 1. The standard InChI is InChI=1S/C27H22N8O2/c1-16(34-25-23-24(31-14-30-23)32-15-33-25)21-11-17-7-6-10-20(18-12-28-27(37-2)29-13-18)22(17)26(36)35(21)19-8-4-3-5-9-19/h3-16H,1-2H3,(H2,30,31,32,33,34)/t16-/m1/s1. The van der Waals surface area contributed by atoms with Crippen LogP contribution in [0.1, 0.15) is 18.7 Å². The maximum Gasteiger partial charge on any atom is 0.316 e. The first-order valence-electron chi connectivity index (χ1n) is 11.6. The van der Waals surface area contributed by atoms with Gasteiger partial charge in [-0.2, -0.15) is 0 Å². The van der Waals surface area contributed by atoms with E-state index in [0.717, 1.165) is 27.9 Å². The van der Waals surface area contributed by atoms with Gasteiger partial charge in [0.05, 0.1) is 24.9 Å². The zero-order valence-electron chi connectivity index (χ0n) is 20.1. The highest BCUT2D eigenvalue weighted by molar-refractivity contribution is 5.96. The molecule has 0 aliphatic rings. The van der Waals surface area contributed by atoms with Gasteiger partial charge in [-0.05, 0) is 36.1 Å². The van der Waals surface area contributed by atoms with Crippen LogP contribution in [0.15, 0.2) is 84.4 Å². The van der Waals surface area contributed by atoms with Gasteiger partial charge in [-0.15, -0.1) is 0 Å². The second-order valence-corrected chi connectivity index (χ2v) is 8.46. The number of anilines is 1. The van der Waals surface area contributed by atoms with Gasteiger partial charge in [0.15, 0.2) is 11.5 Å². The predicted octanol–water partition coefficient (Wildman–Crippen LogP) is 4.30. The number of pyridine rings is 1. The summed E-state index contributed by atoms with van der Waals surface area (Å²) < 4.78 is 6.83. The monoisotopic (exact) mass is 490 g/mol. The molecule has 6 aromatic rings. The number of aromatic nitrogens is 7. The fourth-order valence-electron chi connectivity index (χ4n) is 4.50. The Morgan fingerprint density at radius 2 is 1.78 bits per heavy atom. The molecule has 2 aromatic carbocycles. The molecule has 2 N–H and O–H groups in total. The first-order chi connectivity index (χ1) is 18.1. The van der Waals surface area contributed by atoms with E-state index >= 15 is 0 Å². The molecular weight excluding hydrogens is 468 g/mol. The number of methoxy groups -OCH3 is 1. The van der Waals surface area contributed by atoms with Gasteiger partial charge in [0, 0.05) is 29.3 Å². The Labute approximate surface area is 211 Å².